The van der Waals surface area contributed by atoms with E-state index in [1.165, 1.54) is 29.0 Å². The van der Waals surface area contributed by atoms with E-state index in [2.05, 4.69) is 32.9 Å². The number of aliphatic carboxylic acids is 1. The van der Waals surface area contributed by atoms with E-state index in [9.17, 15) is 4.79 Å². The van der Waals surface area contributed by atoms with Crippen LogP contribution in [0, 0.1) is 5.82 Å². The van der Waals surface area contributed by atoms with Gasteiger partial charge in [0.2, 0.25) is 0 Å². The molecule has 0 atom stereocenters. The van der Waals surface area contributed by atoms with Crippen LogP contribution < -0.4 is 4.74 Å². The van der Waals surface area contributed by atoms with Crippen molar-refractivity contribution in [2.24, 2.45) is 0 Å². The van der Waals surface area contributed by atoms with Crippen molar-refractivity contribution >= 4 is 33.0 Å². The van der Waals surface area contributed by atoms with Crippen LogP contribution in [0.5, 0.6) is 5.75 Å². The minimum atomic E-state index is -0.987. The van der Waals surface area contributed by atoms with E-state index in [1.54, 1.807) is 13.0 Å². The largest absolute Gasteiger partial charge is 0.493 e. The molecule has 0 unspecified atom stereocenters. The lowest BCUT2D eigenvalue weighted by Crippen LogP contribution is -2.04. The third-order valence-electron chi connectivity index (χ3n) is 5.68. The lowest BCUT2D eigenvalue weighted by atomic mass is 9.92. The molecule has 0 aliphatic heterocycles. The molecule has 3 aromatic rings. The van der Waals surface area contributed by atoms with Gasteiger partial charge >= 0.3 is 5.97 Å². The molecule has 0 aliphatic carbocycles. The van der Waals surface area contributed by atoms with Gasteiger partial charge in [0, 0.05) is 32.2 Å². The van der Waals surface area contributed by atoms with Crippen LogP contribution in [0.3, 0.4) is 0 Å². The standard InChI is InChI=1S/C28H33FO3S/c1-5-8-13-32-28-20(10-7-3)15-19(9-6-2)16-22(28)27-21-17-25(18(4)14-26(30)31)33-24(21)12-11-23(27)29/h11-12,14-17H,5-10,13H2,1-4H3,(H,30,31)/b18-14-. The number of carboxylic acid groups (broad SMARTS) is 1. The number of hydrogen-bond donors (Lipinski definition) is 1. The number of hydrogen-bond acceptors (Lipinski definition) is 3. The maximum atomic E-state index is 15.5. The summed E-state index contributed by atoms with van der Waals surface area (Å²) < 4.78 is 22.7. The molecule has 0 spiro atoms. The van der Waals surface area contributed by atoms with Crippen molar-refractivity contribution < 1.29 is 19.0 Å². The predicted molar refractivity (Wildman–Crippen MR) is 137 cm³/mol. The number of ether oxygens (including phenoxy) is 1. The highest BCUT2D eigenvalue weighted by Gasteiger charge is 2.21. The van der Waals surface area contributed by atoms with E-state index in [4.69, 9.17) is 9.84 Å². The molecule has 0 amide bonds. The van der Waals surface area contributed by atoms with Crippen molar-refractivity contribution in [2.75, 3.05) is 6.61 Å². The topological polar surface area (TPSA) is 46.5 Å². The molecular formula is C28H33FO3S. The Morgan fingerprint density at radius 2 is 1.85 bits per heavy atom. The number of thiophene rings is 1. The first-order valence-electron chi connectivity index (χ1n) is 11.8. The molecule has 1 N–H and O–H groups in total. The number of carboxylic acids is 1. The highest BCUT2D eigenvalue weighted by Crippen LogP contribution is 2.43. The summed E-state index contributed by atoms with van der Waals surface area (Å²) in [6, 6.07) is 9.50. The molecule has 1 aromatic heterocycles. The summed E-state index contributed by atoms with van der Waals surface area (Å²) in [7, 11) is 0. The molecule has 0 aliphatic rings. The molecule has 0 radical (unpaired) electrons. The number of benzene rings is 2. The Labute approximate surface area is 199 Å². The lowest BCUT2D eigenvalue weighted by Gasteiger charge is -2.19. The normalized spacial score (nSPS) is 11.8. The third kappa shape index (κ3) is 5.83. The molecule has 1 heterocycles. The summed E-state index contributed by atoms with van der Waals surface area (Å²) in [4.78, 5) is 12.0. The van der Waals surface area contributed by atoms with E-state index < -0.39 is 5.97 Å². The van der Waals surface area contributed by atoms with E-state index >= 15 is 4.39 Å². The Hall–Kier alpha value is -2.66. The second-order valence-electron chi connectivity index (χ2n) is 8.44. The average Bonchev–Trinajstić information content (AvgIpc) is 3.19. The average molecular weight is 469 g/mol. The minimum Gasteiger partial charge on any atom is -0.493 e. The van der Waals surface area contributed by atoms with Crippen LogP contribution >= 0.6 is 11.3 Å². The van der Waals surface area contributed by atoms with Crippen molar-refractivity contribution in [2.45, 2.75) is 66.2 Å². The Kier molecular flexibility index (Phi) is 8.67. The molecule has 33 heavy (non-hydrogen) atoms. The lowest BCUT2D eigenvalue weighted by molar-refractivity contribution is -0.131. The number of halogens is 1. The van der Waals surface area contributed by atoms with Gasteiger partial charge in [-0.05, 0) is 67.2 Å². The zero-order valence-corrected chi connectivity index (χ0v) is 20.8. The Balaban J connectivity index is 2.28. The highest BCUT2D eigenvalue weighted by molar-refractivity contribution is 7.20. The first-order chi connectivity index (χ1) is 15.9. The monoisotopic (exact) mass is 468 g/mol. The molecule has 176 valence electrons. The highest BCUT2D eigenvalue weighted by atomic mass is 32.1. The van der Waals surface area contributed by atoms with Gasteiger partial charge in [-0.15, -0.1) is 11.3 Å². The summed E-state index contributed by atoms with van der Waals surface area (Å²) in [6.45, 7) is 8.79. The molecule has 3 nitrogen and oxygen atoms in total. The van der Waals surface area contributed by atoms with Gasteiger partial charge in [-0.3, -0.25) is 0 Å². The molecular weight excluding hydrogens is 435 g/mol. The van der Waals surface area contributed by atoms with Crippen LogP contribution in [0.1, 0.15) is 69.4 Å². The Morgan fingerprint density at radius 1 is 1.09 bits per heavy atom. The van der Waals surface area contributed by atoms with Crippen molar-refractivity contribution in [3.63, 3.8) is 0 Å². The number of unbranched alkanes of at least 4 members (excludes halogenated alkanes) is 1. The Morgan fingerprint density at radius 3 is 2.52 bits per heavy atom. The van der Waals surface area contributed by atoms with Crippen LogP contribution in [0.4, 0.5) is 4.39 Å². The van der Waals surface area contributed by atoms with Gasteiger partial charge in [0.05, 0.1) is 6.61 Å². The zero-order chi connectivity index (χ0) is 24.0. The minimum absolute atomic E-state index is 0.289. The van der Waals surface area contributed by atoms with Gasteiger partial charge in [0.15, 0.2) is 0 Å². The summed E-state index contributed by atoms with van der Waals surface area (Å²) in [5.74, 6) is -0.496. The predicted octanol–water partition coefficient (Wildman–Crippen LogP) is 8.28. The van der Waals surface area contributed by atoms with Gasteiger partial charge < -0.3 is 9.84 Å². The third-order valence-corrected chi connectivity index (χ3v) is 6.91. The summed E-state index contributed by atoms with van der Waals surface area (Å²) in [6.07, 6.45) is 6.95. The molecule has 2 aromatic carbocycles. The number of rotatable bonds is 11. The maximum Gasteiger partial charge on any atom is 0.328 e. The summed E-state index contributed by atoms with van der Waals surface area (Å²) >= 11 is 1.48. The fraction of sp³-hybridized carbons (Fsp3) is 0.393. The van der Waals surface area contributed by atoms with Crippen molar-refractivity contribution in [1.29, 1.82) is 0 Å². The van der Waals surface area contributed by atoms with Crippen LogP contribution in [0.15, 0.2) is 36.4 Å². The van der Waals surface area contributed by atoms with Gasteiger partial charge in [0.25, 0.3) is 0 Å². The fourth-order valence-corrected chi connectivity index (χ4v) is 5.17. The SMILES string of the molecule is CCCCOc1c(CCC)cc(CCC)cc1-c1c(F)ccc2sc(/C(C)=C\C(=O)O)cc12. The molecule has 3 rings (SSSR count). The van der Waals surface area contributed by atoms with Gasteiger partial charge in [-0.2, -0.15) is 0 Å². The van der Waals surface area contributed by atoms with Crippen LogP contribution in [0.25, 0.3) is 26.8 Å². The number of carbonyl (C=O) groups is 1. The molecule has 0 fully saturated rings. The van der Waals surface area contributed by atoms with Crippen molar-refractivity contribution in [3.05, 3.63) is 58.2 Å². The van der Waals surface area contributed by atoms with Crippen molar-refractivity contribution in [3.8, 4) is 16.9 Å². The van der Waals surface area contributed by atoms with E-state index in [0.717, 1.165) is 70.4 Å². The first-order valence-corrected chi connectivity index (χ1v) is 12.6. The van der Waals surface area contributed by atoms with E-state index in [-0.39, 0.29) is 5.82 Å². The smallest absolute Gasteiger partial charge is 0.328 e. The van der Waals surface area contributed by atoms with Crippen LogP contribution in [0.2, 0.25) is 0 Å². The van der Waals surface area contributed by atoms with Crippen LogP contribution in [-0.2, 0) is 17.6 Å². The molecule has 0 saturated heterocycles. The van der Waals surface area contributed by atoms with Crippen LogP contribution in [-0.4, -0.2) is 17.7 Å². The van der Waals surface area contributed by atoms with Gasteiger partial charge in [-0.1, -0.05) is 46.1 Å². The van der Waals surface area contributed by atoms with Gasteiger partial charge in [0.1, 0.15) is 11.6 Å². The summed E-state index contributed by atoms with van der Waals surface area (Å²) in [5, 5.41) is 9.95. The zero-order valence-electron chi connectivity index (χ0n) is 20.0. The van der Waals surface area contributed by atoms with E-state index in [1.807, 2.05) is 6.07 Å². The number of aryl methyl sites for hydroxylation is 2. The van der Waals surface area contributed by atoms with E-state index in [0.29, 0.717) is 17.7 Å². The second kappa shape index (κ2) is 11.5. The molecule has 5 heteroatoms. The second-order valence-corrected chi connectivity index (χ2v) is 9.53. The fourth-order valence-electron chi connectivity index (χ4n) is 4.13. The number of allylic oxidation sites excluding steroid dienone is 1. The maximum absolute atomic E-state index is 15.5. The molecule has 0 bridgehead atoms. The molecule has 0 saturated carbocycles. The quantitative estimate of drug-likeness (QED) is 0.227. The first kappa shape index (κ1) is 25.0. The van der Waals surface area contributed by atoms with Gasteiger partial charge in [-0.25, -0.2) is 9.18 Å². The van der Waals surface area contributed by atoms with Crippen molar-refractivity contribution in [1.82, 2.24) is 0 Å². The Bertz CT molecular complexity index is 1160. The number of fused-ring (bicyclic) bond motifs is 1. The summed E-state index contributed by atoms with van der Waals surface area (Å²) in [5.41, 5.74) is 4.31.